The van der Waals surface area contributed by atoms with Crippen LogP contribution < -0.4 is 5.32 Å². The highest BCUT2D eigenvalue weighted by Crippen LogP contribution is 2.30. The van der Waals surface area contributed by atoms with Crippen LogP contribution >= 0.6 is 0 Å². The number of amides is 2. The molecule has 2 aromatic heterocycles. The molecule has 1 aromatic carbocycles. The lowest BCUT2D eigenvalue weighted by atomic mass is 10.1. The summed E-state index contributed by atoms with van der Waals surface area (Å²) in [5.41, 5.74) is 3.34. The van der Waals surface area contributed by atoms with Crippen LogP contribution in [0.3, 0.4) is 0 Å². The summed E-state index contributed by atoms with van der Waals surface area (Å²) in [4.78, 5) is 39.0. The van der Waals surface area contributed by atoms with E-state index in [2.05, 4.69) is 22.1 Å². The van der Waals surface area contributed by atoms with E-state index in [-0.39, 0.29) is 18.4 Å². The number of aromatic nitrogens is 3. The van der Waals surface area contributed by atoms with Crippen molar-refractivity contribution in [1.82, 2.24) is 24.3 Å². The lowest BCUT2D eigenvalue weighted by Crippen LogP contribution is -2.48. The quantitative estimate of drug-likeness (QED) is 0.594. The highest BCUT2D eigenvalue weighted by atomic mass is 16.5. The number of benzene rings is 1. The first kappa shape index (κ1) is 22.9. The summed E-state index contributed by atoms with van der Waals surface area (Å²) in [5.74, 6) is 0.395. The second-order valence-electron chi connectivity index (χ2n) is 8.24. The van der Waals surface area contributed by atoms with Crippen molar-refractivity contribution in [1.29, 1.82) is 0 Å². The molecule has 0 aliphatic carbocycles. The molecule has 33 heavy (non-hydrogen) atoms. The van der Waals surface area contributed by atoms with Crippen molar-refractivity contribution in [3.63, 3.8) is 0 Å². The molecule has 174 valence electrons. The molecule has 0 bridgehead atoms. The van der Waals surface area contributed by atoms with Crippen LogP contribution in [0.2, 0.25) is 0 Å². The molecule has 0 unspecified atom stereocenters. The van der Waals surface area contributed by atoms with Crippen molar-refractivity contribution in [3.05, 3.63) is 42.2 Å². The number of imidazole rings is 1. The van der Waals surface area contributed by atoms with E-state index >= 15 is 0 Å². The van der Waals surface area contributed by atoms with Crippen LogP contribution in [-0.2, 0) is 16.6 Å². The van der Waals surface area contributed by atoms with Crippen molar-refractivity contribution >= 4 is 28.5 Å². The zero-order valence-electron chi connectivity index (χ0n) is 19.4. The number of piperazine rings is 1. The smallest absolute Gasteiger partial charge is 0.256 e. The Morgan fingerprint density at radius 1 is 1.12 bits per heavy atom. The maximum absolute atomic E-state index is 13.7. The molecule has 3 aromatic rings. The Morgan fingerprint density at radius 2 is 1.85 bits per heavy atom. The van der Waals surface area contributed by atoms with Crippen molar-refractivity contribution in [3.8, 4) is 11.4 Å². The maximum atomic E-state index is 13.7. The van der Waals surface area contributed by atoms with Crippen LogP contribution in [0.25, 0.3) is 22.4 Å². The van der Waals surface area contributed by atoms with Crippen molar-refractivity contribution in [2.45, 2.75) is 13.3 Å². The fourth-order valence-corrected chi connectivity index (χ4v) is 4.34. The van der Waals surface area contributed by atoms with Gasteiger partial charge in [-0.2, -0.15) is 0 Å². The minimum absolute atomic E-state index is 0.0525. The molecular weight excluding hydrogens is 420 g/mol. The zero-order valence-corrected chi connectivity index (χ0v) is 19.4. The lowest BCUT2D eigenvalue weighted by molar-refractivity contribution is -0.119. The molecule has 1 aliphatic rings. The number of carbonyl (C=O) groups excluding carboxylic acids is 2. The summed E-state index contributed by atoms with van der Waals surface area (Å²) >= 11 is 0. The number of methoxy groups -OCH3 is 1. The van der Waals surface area contributed by atoms with Crippen LogP contribution in [-0.4, -0.2) is 82.6 Å². The largest absolute Gasteiger partial charge is 0.375 e. The van der Waals surface area contributed by atoms with Crippen LogP contribution in [0.4, 0.5) is 5.69 Å². The van der Waals surface area contributed by atoms with Crippen LogP contribution in [0.5, 0.6) is 0 Å². The van der Waals surface area contributed by atoms with Gasteiger partial charge in [0.15, 0.2) is 0 Å². The Kier molecular flexibility index (Phi) is 7.00. The molecule has 0 spiro atoms. The van der Waals surface area contributed by atoms with Gasteiger partial charge in [-0.15, -0.1) is 0 Å². The Balaban J connectivity index is 1.74. The molecular formula is C24H30N6O3. The number of ether oxygens (including phenoxy) is 1. The maximum Gasteiger partial charge on any atom is 0.256 e. The molecule has 1 aliphatic heterocycles. The summed E-state index contributed by atoms with van der Waals surface area (Å²) < 4.78 is 6.87. The number of hydrogen-bond acceptors (Lipinski definition) is 6. The Hall–Kier alpha value is -3.30. The molecule has 2 amide bonds. The minimum atomic E-state index is -0.284. The Labute approximate surface area is 193 Å². The molecule has 0 atom stereocenters. The number of rotatable bonds is 7. The van der Waals surface area contributed by atoms with E-state index in [0.29, 0.717) is 29.9 Å². The predicted octanol–water partition coefficient (Wildman–Crippen LogP) is 2.39. The first-order chi connectivity index (χ1) is 16.0. The average molecular weight is 451 g/mol. The van der Waals surface area contributed by atoms with E-state index in [0.717, 1.165) is 43.0 Å². The SMILES string of the molecule is CCCN1CCN(C(=O)c2cc(NC(=O)COC)cc3nc(-c4ccncc4)n(C)c23)CC1. The number of nitrogens with zero attached hydrogens (tertiary/aromatic N) is 5. The lowest BCUT2D eigenvalue weighted by Gasteiger charge is -2.34. The van der Waals surface area contributed by atoms with Gasteiger partial charge in [-0.3, -0.25) is 19.5 Å². The third-order valence-electron chi connectivity index (χ3n) is 5.90. The highest BCUT2D eigenvalue weighted by Gasteiger charge is 2.26. The third-order valence-corrected chi connectivity index (χ3v) is 5.90. The topological polar surface area (TPSA) is 92.6 Å². The second kappa shape index (κ2) is 10.1. The summed E-state index contributed by atoms with van der Waals surface area (Å²) in [6.07, 6.45) is 4.53. The second-order valence-corrected chi connectivity index (χ2v) is 8.24. The van der Waals surface area contributed by atoms with Gasteiger partial charge in [0.2, 0.25) is 5.91 Å². The van der Waals surface area contributed by atoms with Gasteiger partial charge >= 0.3 is 0 Å². The highest BCUT2D eigenvalue weighted by molar-refractivity contribution is 6.08. The van der Waals surface area contributed by atoms with Gasteiger partial charge in [0.1, 0.15) is 12.4 Å². The summed E-state index contributed by atoms with van der Waals surface area (Å²) in [6, 6.07) is 7.31. The molecule has 1 fully saturated rings. The van der Waals surface area contributed by atoms with Crippen LogP contribution in [0, 0.1) is 0 Å². The number of nitrogens with one attached hydrogen (secondary N) is 1. The van der Waals surface area contributed by atoms with Gasteiger partial charge in [-0.1, -0.05) is 6.92 Å². The average Bonchev–Trinajstić information content (AvgIpc) is 3.16. The number of hydrogen-bond donors (Lipinski definition) is 1. The molecule has 0 saturated carbocycles. The third kappa shape index (κ3) is 4.89. The van der Waals surface area contributed by atoms with E-state index in [1.54, 1.807) is 24.5 Å². The van der Waals surface area contributed by atoms with Crippen molar-refractivity contribution in [2.24, 2.45) is 7.05 Å². The normalized spacial score (nSPS) is 14.6. The van der Waals surface area contributed by atoms with E-state index in [1.165, 1.54) is 7.11 Å². The van der Waals surface area contributed by atoms with Gasteiger partial charge in [-0.05, 0) is 37.2 Å². The number of aryl methyl sites for hydroxylation is 1. The molecule has 1 saturated heterocycles. The fourth-order valence-electron chi connectivity index (χ4n) is 4.34. The van der Waals surface area contributed by atoms with Crippen molar-refractivity contribution < 1.29 is 14.3 Å². The molecule has 9 heteroatoms. The van der Waals surface area contributed by atoms with Crippen LogP contribution in [0.15, 0.2) is 36.7 Å². The predicted molar refractivity (Wildman–Crippen MR) is 127 cm³/mol. The monoisotopic (exact) mass is 450 g/mol. The van der Waals surface area contributed by atoms with E-state index < -0.39 is 0 Å². The molecule has 1 N–H and O–H groups in total. The van der Waals surface area contributed by atoms with Gasteiger partial charge in [0.25, 0.3) is 5.91 Å². The summed E-state index contributed by atoms with van der Waals surface area (Å²) in [5, 5.41) is 2.82. The van der Waals surface area contributed by atoms with Gasteiger partial charge < -0.3 is 19.5 Å². The van der Waals surface area contributed by atoms with E-state index in [1.807, 2.05) is 28.6 Å². The zero-order chi connectivity index (χ0) is 23.4. The number of fused-ring (bicyclic) bond motifs is 1. The number of anilines is 1. The number of carbonyl (C=O) groups is 2. The summed E-state index contributed by atoms with van der Waals surface area (Å²) in [7, 11) is 3.37. The van der Waals surface area contributed by atoms with Gasteiger partial charge in [0, 0.05) is 64.0 Å². The Morgan fingerprint density at radius 3 is 2.52 bits per heavy atom. The van der Waals surface area contributed by atoms with Gasteiger partial charge in [0.05, 0.1) is 16.6 Å². The fraction of sp³-hybridized carbons (Fsp3) is 0.417. The van der Waals surface area contributed by atoms with E-state index in [9.17, 15) is 9.59 Å². The van der Waals surface area contributed by atoms with Crippen LogP contribution in [0.1, 0.15) is 23.7 Å². The van der Waals surface area contributed by atoms with Crippen molar-refractivity contribution in [2.75, 3.05) is 51.8 Å². The summed E-state index contributed by atoms with van der Waals surface area (Å²) in [6.45, 7) is 6.22. The molecule has 0 radical (unpaired) electrons. The number of pyridine rings is 1. The first-order valence-electron chi connectivity index (χ1n) is 11.2. The molecule has 3 heterocycles. The molecule has 4 rings (SSSR count). The Bertz CT molecular complexity index is 1140. The van der Waals surface area contributed by atoms with E-state index in [4.69, 9.17) is 9.72 Å². The minimum Gasteiger partial charge on any atom is -0.375 e. The molecule has 9 nitrogen and oxygen atoms in total. The standard InChI is InChI=1S/C24H30N6O3/c1-4-9-29-10-12-30(13-11-29)24(32)19-14-18(26-21(31)16-33-3)15-20-22(19)28(2)23(27-20)17-5-7-25-8-6-17/h5-8,14-15H,4,9-13,16H2,1-3H3,(H,26,31). The van der Waals surface area contributed by atoms with Gasteiger partial charge in [-0.25, -0.2) is 4.98 Å². The first-order valence-corrected chi connectivity index (χ1v) is 11.2.